The van der Waals surface area contributed by atoms with Gasteiger partial charge in [-0.2, -0.15) is 0 Å². The molecule has 2 N–H and O–H groups in total. The first-order valence-electron chi connectivity index (χ1n) is 5.54. The van der Waals surface area contributed by atoms with E-state index >= 15 is 0 Å². The monoisotopic (exact) mass is 226 g/mol. The highest BCUT2D eigenvalue weighted by Gasteiger charge is 2.22. The van der Waals surface area contributed by atoms with Gasteiger partial charge in [0.05, 0.1) is 5.69 Å². The van der Waals surface area contributed by atoms with Gasteiger partial charge < -0.3 is 5.73 Å². The molecule has 0 aromatic carbocycles. The molecule has 0 saturated heterocycles. The molecule has 1 fully saturated rings. The van der Waals surface area contributed by atoms with E-state index in [9.17, 15) is 0 Å². The third-order valence-corrected chi connectivity index (χ3v) is 3.19. The number of hydrogen-bond donors (Lipinski definition) is 1. The largest absolute Gasteiger partial charge is 0.322 e. The van der Waals surface area contributed by atoms with Crippen LogP contribution in [0.5, 0.6) is 0 Å². The van der Waals surface area contributed by atoms with Crippen LogP contribution < -0.4 is 5.73 Å². The Bertz CT molecular complexity index is 270. The van der Waals surface area contributed by atoms with Crippen molar-refractivity contribution in [3.05, 3.63) is 30.1 Å². The van der Waals surface area contributed by atoms with Crippen molar-refractivity contribution in [3.8, 4) is 0 Å². The molecule has 1 aromatic heterocycles. The minimum atomic E-state index is 0. The highest BCUT2D eigenvalue weighted by atomic mass is 35.5. The number of pyridine rings is 1. The third-order valence-electron chi connectivity index (χ3n) is 3.19. The minimum Gasteiger partial charge on any atom is -0.322 e. The zero-order valence-corrected chi connectivity index (χ0v) is 9.75. The number of halogens is 1. The lowest BCUT2D eigenvalue weighted by atomic mass is 9.83. The number of nitrogens with zero attached hydrogens (tertiary/aromatic N) is 1. The molecule has 0 bridgehead atoms. The van der Waals surface area contributed by atoms with E-state index in [1.165, 1.54) is 32.1 Å². The molecule has 1 saturated carbocycles. The maximum absolute atomic E-state index is 6.21. The SMILES string of the molecule is Cl.N[C@@H](c1ccccn1)C1CCCCC1. The Balaban J connectivity index is 0.00000112. The van der Waals surface area contributed by atoms with Crippen molar-refractivity contribution in [1.82, 2.24) is 4.98 Å². The molecule has 1 aromatic rings. The summed E-state index contributed by atoms with van der Waals surface area (Å²) in [7, 11) is 0. The second kappa shape index (κ2) is 6.09. The lowest BCUT2D eigenvalue weighted by Gasteiger charge is -2.26. The molecule has 15 heavy (non-hydrogen) atoms. The predicted octanol–water partition coefficient (Wildman–Crippen LogP) is 3.08. The van der Waals surface area contributed by atoms with E-state index in [1.54, 1.807) is 0 Å². The number of hydrogen-bond acceptors (Lipinski definition) is 2. The predicted molar refractivity (Wildman–Crippen MR) is 65.0 cm³/mol. The fourth-order valence-electron chi connectivity index (χ4n) is 2.31. The summed E-state index contributed by atoms with van der Waals surface area (Å²) in [5.41, 5.74) is 7.26. The molecule has 0 radical (unpaired) electrons. The molecule has 2 nitrogen and oxygen atoms in total. The summed E-state index contributed by atoms with van der Waals surface area (Å²) >= 11 is 0. The van der Waals surface area contributed by atoms with Crippen LogP contribution in [0.4, 0.5) is 0 Å². The molecule has 0 spiro atoms. The Morgan fingerprint density at radius 2 is 1.93 bits per heavy atom. The van der Waals surface area contributed by atoms with E-state index in [0.717, 1.165) is 5.69 Å². The number of rotatable bonds is 2. The maximum atomic E-state index is 6.21. The van der Waals surface area contributed by atoms with Gasteiger partial charge in [0.1, 0.15) is 0 Å². The first-order valence-corrected chi connectivity index (χ1v) is 5.54. The van der Waals surface area contributed by atoms with Crippen LogP contribution in [0.25, 0.3) is 0 Å². The fraction of sp³-hybridized carbons (Fsp3) is 0.583. The van der Waals surface area contributed by atoms with Gasteiger partial charge >= 0.3 is 0 Å². The first kappa shape index (κ1) is 12.5. The van der Waals surface area contributed by atoms with Crippen LogP contribution in [0.1, 0.15) is 43.8 Å². The lowest BCUT2D eigenvalue weighted by Crippen LogP contribution is -2.24. The van der Waals surface area contributed by atoms with E-state index in [4.69, 9.17) is 5.73 Å². The zero-order valence-electron chi connectivity index (χ0n) is 8.93. The Kier molecular flexibility index (Phi) is 5.06. The van der Waals surface area contributed by atoms with Gasteiger partial charge in [-0.3, -0.25) is 4.98 Å². The van der Waals surface area contributed by atoms with E-state index in [0.29, 0.717) is 5.92 Å². The summed E-state index contributed by atoms with van der Waals surface area (Å²) in [4.78, 5) is 4.33. The number of nitrogens with two attached hydrogens (primary N) is 1. The molecule has 0 aliphatic heterocycles. The molecule has 1 atom stereocenters. The van der Waals surface area contributed by atoms with Gasteiger partial charge in [0.2, 0.25) is 0 Å². The summed E-state index contributed by atoms with van der Waals surface area (Å²) in [5.74, 6) is 0.652. The summed E-state index contributed by atoms with van der Waals surface area (Å²) in [6.45, 7) is 0. The molecule has 1 aliphatic carbocycles. The van der Waals surface area contributed by atoms with Crippen molar-refractivity contribution in [1.29, 1.82) is 0 Å². The van der Waals surface area contributed by atoms with Crippen LogP contribution in [0, 0.1) is 5.92 Å². The smallest absolute Gasteiger partial charge is 0.0573 e. The van der Waals surface area contributed by atoms with Crippen molar-refractivity contribution in [2.24, 2.45) is 11.7 Å². The van der Waals surface area contributed by atoms with Crippen LogP contribution in [0.2, 0.25) is 0 Å². The molecule has 2 rings (SSSR count). The molecule has 0 amide bonds. The second-order valence-corrected chi connectivity index (χ2v) is 4.18. The Morgan fingerprint density at radius 3 is 2.53 bits per heavy atom. The first-order chi connectivity index (χ1) is 6.88. The van der Waals surface area contributed by atoms with Gasteiger partial charge in [0.25, 0.3) is 0 Å². The van der Waals surface area contributed by atoms with Gasteiger partial charge in [-0.15, -0.1) is 12.4 Å². The summed E-state index contributed by atoms with van der Waals surface area (Å²) < 4.78 is 0. The minimum absolute atomic E-state index is 0. The van der Waals surface area contributed by atoms with Crippen LogP contribution in [-0.4, -0.2) is 4.98 Å². The average Bonchev–Trinajstić information content (AvgIpc) is 2.30. The maximum Gasteiger partial charge on any atom is 0.0573 e. The van der Waals surface area contributed by atoms with E-state index < -0.39 is 0 Å². The molecule has 0 unspecified atom stereocenters. The van der Waals surface area contributed by atoms with Gasteiger partial charge in [0.15, 0.2) is 0 Å². The molecule has 3 heteroatoms. The third kappa shape index (κ3) is 3.18. The normalized spacial score (nSPS) is 19.3. The van der Waals surface area contributed by atoms with Crippen LogP contribution in [-0.2, 0) is 0 Å². The standard InChI is InChI=1S/C12H18N2.ClH/c13-12(10-6-2-1-3-7-10)11-8-4-5-9-14-11;/h4-5,8-10,12H,1-3,6-7,13H2;1H/t12-;/m1./s1. The quantitative estimate of drug-likeness (QED) is 0.842. The van der Waals surface area contributed by atoms with Gasteiger partial charge in [0, 0.05) is 12.2 Å². The second-order valence-electron chi connectivity index (χ2n) is 4.18. The number of aromatic nitrogens is 1. The van der Waals surface area contributed by atoms with E-state index in [2.05, 4.69) is 4.98 Å². The van der Waals surface area contributed by atoms with Crippen molar-refractivity contribution in [2.75, 3.05) is 0 Å². The van der Waals surface area contributed by atoms with Gasteiger partial charge in [-0.05, 0) is 30.9 Å². The van der Waals surface area contributed by atoms with Crippen molar-refractivity contribution < 1.29 is 0 Å². The highest BCUT2D eigenvalue weighted by Crippen LogP contribution is 2.31. The van der Waals surface area contributed by atoms with Crippen LogP contribution in [0.15, 0.2) is 24.4 Å². The van der Waals surface area contributed by atoms with E-state index in [-0.39, 0.29) is 18.4 Å². The molecule has 1 heterocycles. The Hall–Kier alpha value is -0.600. The molecule has 84 valence electrons. The average molecular weight is 227 g/mol. The lowest BCUT2D eigenvalue weighted by molar-refractivity contribution is 0.305. The zero-order chi connectivity index (χ0) is 9.80. The topological polar surface area (TPSA) is 38.9 Å². The van der Waals surface area contributed by atoms with Crippen molar-refractivity contribution in [2.45, 2.75) is 38.1 Å². The highest BCUT2D eigenvalue weighted by molar-refractivity contribution is 5.85. The summed E-state index contributed by atoms with van der Waals surface area (Å²) in [6, 6.07) is 6.15. The van der Waals surface area contributed by atoms with Gasteiger partial charge in [-0.1, -0.05) is 25.3 Å². The van der Waals surface area contributed by atoms with E-state index in [1.807, 2.05) is 24.4 Å². The summed E-state index contributed by atoms with van der Waals surface area (Å²) in [6.07, 6.45) is 8.44. The van der Waals surface area contributed by atoms with Crippen LogP contribution >= 0.6 is 12.4 Å². The van der Waals surface area contributed by atoms with Crippen LogP contribution in [0.3, 0.4) is 0 Å². The van der Waals surface area contributed by atoms with Crippen molar-refractivity contribution >= 4 is 12.4 Å². The summed E-state index contributed by atoms with van der Waals surface area (Å²) in [5, 5.41) is 0. The Labute approximate surface area is 97.7 Å². The molecular weight excluding hydrogens is 208 g/mol. The molecule has 1 aliphatic rings. The van der Waals surface area contributed by atoms with Gasteiger partial charge in [-0.25, -0.2) is 0 Å². The molecular formula is C12H19ClN2. The fourth-order valence-corrected chi connectivity index (χ4v) is 2.31. The van der Waals surface area contributed by atoms with Crippen molar-refractivity contribution in [3.63, 3.8) is 0 Å². The Morgan fingerprint density at radius 1 is 1.20 bits per heavy atom.